The number of hydrogen-bond acceptors (Lipinski definition) is 3. The monoisotopic (exact) mass is 263 g/mol. The van der Waals surface area contributed by atoms with Crippen LogP contribution in [0.3, 0.4) is 0 Å². The van der Waals surface area contributed by atoms with E-state index in [0.29, 0.717) is 10.6 Å². The fourth-order valence-electron chi connectivity index (χ4n) is 1.23. The van der Waals surface area contributed by atoms with Gasteiger partial charge in [-0.2, -0.15) is 0 Å². The second-order valence-electron chi connectivity index (χ2n) is 3.27. The number of aliphatic hydroxyl groups is 1. The van der Waals surface area contributed by atoms with Crippen molar-refractivity contribution in [2.24, 2.45) is 0 Å². The number of amides is 1. The second kappa shape index (κ2) is 5.50. The molecular formula is C10H11Cl2NO3. The first-order chi connectivity index (χ1) is 7.43. The Labute approximate surface area is 103 Å². The molecule has 0 radical (unpaired) electrons. The largest absolute Gasteiger partial charge is 0.388 e. The summed E-state index contributed by atoms with van der Waals surface area (Å²) in [6.45, 7) is 0. The van der Waals surface area contributed by atoms with Crippen LogP contribution in [-0.4, -0.2) is 28.3 Å². The van der Waals surface area contributed by atoms with Gasteiger partial charge < -0.3 is 5.11 Å². The second-order valence-corrected chi connectivity index (χ2v) is 4.09. The van der Waals surface area contributed by atoms with Crippen molar-refractivity contribution in [3.63, 3.8) is 0 Å². The molecule has 4 nitrogen and oxygen atoms in total. The number of nitrogens with zero attached hydrogens (tertiary/aromatic N) is 1. The molecule has 0 fully saturated rings. The molecule has 88 valence electrons. The van der Waals surface area contributed by atoms with Crippen LogP contribution in [0.5, 0.6) is 0 Å². The van der Waals surface area contributed by atoms with E-state index in [9.17, 15) is 9.90 Å². The Kier molecular flexibility index (Phi) is 4.56. The molecule has 0 aliphatic rings. The maximum Gasteiger partial charge on any atom is 0.248 e. The number of carbonyl (C=O) groups is 1. The number of aliphatic hydroxyl groups excluding tert-OH is 1. The first kappa shape index (κ1) is 13.3. The molecule has 1 amide bonds. The van der Waals surface area contributed by atoms with Crippen molar-refractivity contribution in [2.45, 2.75) is 12.5 Å². The number of hydrogen-bond donors (Lipinski definition) is 2. The average Bonchev–Trinajstić information content (AvgIpc) is 2.16. The fraction of sp³-hybridized carbons (Fsp3) is 0.300. The molecule has 6 heteroatoms. The molecule has 0 saturated carbocycles. The van der Waals surface area contributed by atoms with Gasteiger partial charge in [0.1, 0.15) is 0 Å². The standard InChI is InChI=1S/C10H11Cl2NO3/c1-13(16)9(15)5-8(14)10-6(11)3-2-4-7(10)12/h2-4,8,14,16H,5H2,1H3. The summed E-state index contributed by atoms with van der Waals surface area (Å²) in [6, 6.07) is 4.78. The van der Waals surface area contributed by atoms with Crippen LogP contribution in [0.2, 0.25) is 10.0 Å². The van der Waals surface area contributed by atoms with Gasteiger partial charge in [-0.25, -0.2) is 5.06 Å². The third-order valence-corrected chi connectivity index (χ3v) is 2.72. The van der Waals surface area contributed by atoms with Gasteiger partial charge in [0.05, 0.1) is 12.5 Å². The van der Waals surface area contributed by atoms with Crippen LogP contribution in [-0.2, 0) is 4.79 Å². The van der Waals surface area contributed by atoms with E-state index in [2.05, 4.69) is 0 Å². The molecule has 0 aliphatic carbocycles. The topological polar surface area (TPSA) is 60.8 Å². The summed E-state index contributed by atoms with van der Waals surface area (Å²) in [5, 5.41) is 19.6. The minimum Gasteiger partial charge on any atom is -0.388 e. The maximum atomic E-state index is 11.2. The van der Waals surface area contributed by atoms with Crippen LogP contribution in [0.4, 0.5) is 0 Å². The molecule has 1 rings (SSSR count). The molecule has 0 saturated heterocycles. The van der Waals surface area contributed by atoms with Crippen molar-refractivity contribution >= 4 is 29.1 Å². The van der Waals surface area contributed by atoms with Gasteiger partial charge in [-0.15, -0.1) is 0 Å². The Morgan fingerprint density at radius 2 is 1.94 bits per heavy atom. The lowest BCUT2D eigenvalue weighted by molar-refractivity contribution is -0.161. The van der Waals surface area contributed by atoms with Gasteiger partial charge in [0.25, 0.3) is 0 Å². The SMILES string of the molecule is CN(O)C(=O)CC(O)c1c(Cl)cccc1Cl. The number of benzene rings is 1. The van der Waals surface area contributed by atoms with Crippen molar-refractivity contribution in [3.8, 4) is 0 Å². The van der Waals surface area contributed by atoms with Crippen molar-refractivity contribution in [1.82, 2.24) is 5.06 Å². The third-order valence-electron chi connectivity index (χ3n) is 2.06. The van der Waals surface area contributed by atoms with E-state index in [1.54, 1.807) is 18.2 Å². The molecule has 1 aromatic carbocycles. The summed E-state index contributed by atoms with van der Waals surface area (Å²) in [5.41, 5.74) is 0.293. The highest BCUT2D eigenvalue weighted by Gasteiger charge is 2.20. The summed E-state index contributed by atoms with van der Waals surface area (Å²) in [4.78, 5) is 11.2. The lowest BCUT2D eigenvalue weighted by Gasteiger charge is -2.15. The number of carbonyl (C=O) groups excluding carboxylic acids is 1. The fourth-order valence-corrected chi connectivity index (χ4v) is 1.88. The highest BCUT2D eigenvalue weighted by Crippen LogP contribution is 2.31. The van der Waals surface area contributed by atoms with Crippen LogP contribution < -0.4 is 0 Å². The smallest absolute Gasteiger partial charge is 0.248 e. The van der Waals surface area contributed by atoms with E-state index in [1.165, 1.54) is 7.05 Å². The zero-order valence-electron chi connectivity index (χ0n) is 8.52. The molecule has 2 N–H and O–H groups in total. The molecule has 0 aliphatic heterocycles. The lowest BCUT2D eigenvalue weighted by atomic mass is 10.1. The summed E-state index contributed by atoms with van der Waals surface area (Å²) in [5.74, 6) is -0.622. The van der Waals surface area contributed by atoms with E-state index in [0.717, 1.165) is 0 Å². The molecule has 0 spiro atoms. The Hall–Kier alpha value is -0.810. The molecular weight excluding hydrogens is 253 g/mol. The van der Waals surface area contributed by atoms with Crippen LogP contribution in [0.15, 0.2) is 18.2 Å². The predicted octanol–water partition coefficient (Wildman–Crippen LogP) is 2.26. The quantitative estimate of drug-likeness (QED) is 0.650. The van der Waals surface area contributed by atoms with E-state index >= 15 is 0 Å². The molecule has 1 unspecified atom stereocenters. The van der Waals surface area contributed by atoms with Crippen LogP contribution in [0.25, 0.3) is 0 Å². The number of hydroxylamine groups is 2. The van der Waals surface area contributed by atoms with Crippen molar-refractivity contribution < 1.29 is 15.1 Å². The van der Waals surface area contributed by atoms with Crippen molar-refractivity contribution in [2.75, 3.05) is 7.05 Å². The van der Waals surface area contributed by atoms with Gasteiger partial charge in [-0.05, 0) is 12.1 Å². The normalized spacial score (nSPS) is 12.3. The van der Waals surface area contributed by atoms with Crippen LogP contribution in [0, 0.1) is 0 Å². The Morgan fingerprint density at radius 1 is 1.44 bits per heavy atom. The number of rotatable bonds is 3. The van der Waals surface area contributed by atoms with Gasteiger partial charge in [0, 0.05) is 22.7 Å². The van der Waals surface area contributed by atoms with Crippen LogP contribution >= 0.6 is 23.2 Å². The minimum atomic E-state index is -1.14. The molecule has 0 aromatic heterocycles. The highest BCUT2D eigenvalue weighted by molar-refractivity contribution is 6.36. The molecule has 0 heterocycles. The number of halogens is 2. The van der Waals surface area contributed by atoms with Gasteiger partial charge in [-0.3, -0.25) is 10.0 Å². The molecule has 16 heavy (non-hydrogen) atoms. The molecule has 1 aromatic rings. The van der Waals surface area contributed by atoms with Gasteiger partial charge in [-0.1, -0.05) is 29.3 Å². The van der Waals surface area contributed by atoms with E-state index in [4.69, 9.17) is 28.4 Å². The van der Waals surface area contributed by atoms with E-state index < -0.39 is 12.0 Å². The summed E-state index contributed by atoms with van der Waals surface area (Å²) < 4.78 is 0. The minimum absolute atomic E-state index is 0.281. The third kappa shape index (κ3) is 3.09. The highest BCUT2D eigenvalue weighted by atomic mass is 35.5. The summed E-state index contributed by atoms with van der Waals surface area (Å²) >= 11 is 11.7. The molecule has 0 bridgehead atoms. The Bertz CT molecular complexity index is 375. The van der Waals surface area contributed by atoms with Gasteiger partial charge >= 0.3 is 0 Å². The Balaban J connectivity index is 2.88. The van der Waals surface area contributed by atoms with E-state index in [1.807, 2.05) is 0 Å². The maximum absolute atomic E-state index is 11.2. The van der Waals surface area contributed by atoms with Gasteiger partial charge in [0.15, 0.2) is 0 Å². The first-order valence-corrected chi connectivity index (χ1v) is 5.26. The lowest BCUT2D eigenvalue weighted by Crippen LogP contribution is -2.24. The van der Waals surface area contributed by atoms with Crippen molar-refractivity contribution in [1.29, 1.82) is 0 Å². The van der Waals surface area contributed by atoms with Gasteiger partial charge in [0.2, 0.25) is 5.91 Å². The zero-order chi connectivity index (χ0) is 12.3. The molecule has 1 atom stereocenters. The van der Waals surface area contributed by atoms with Crippen molar-refractivity contribution in [3.05, 3.63) is 33.8 Å². The van der Waals surface area contributed by atoms with E-state index in [-0.39, 0.29) is 16.5 Å². The summed E-state index contributed by atoms with van der Waals surface area (Å²) in [7, 11) is 1.18. The Morgan fingerprint density at radius 3 is 2.38 bits per heavy atom. The average molecular weight is 264 g/mol. The zero-order valence-corrected chi connectivity index (χ0v) is 10.0. The predicted molar refractivity (Wildman–Crippen MR) is 60.6 cm³/mol. The summed E-state index contributed by atoms with van der Waals surface area (Å²) in [6.07, 6.45) is -1.42. The van der Waals surface area contributed by atoms with Crippen LogP contribution in [0.1, 0.15) is 18.1 Å². The first-order valence-electron chi connectivity index (χ1n) is 4.51.